The van der Waals surface area contributed by atoms with E-state index >= 15 is 0 Å². The van der Waals surface area contributed by atoms with Crippen LogP contribution in [0.4, 0.5) is 0 Å². The summed E-state index contributed by atoms with van der Waals surface area (Å²) in [6.07, 6.45) is 3.75. The number of carbonyl (C=O) groups is 2. The van der Waals surface area contributed by atoms with Crippen molar-refractivity contribution in [1.82, 2.24) is 5.32 Å². The number of rotatable bonds is 6. The molecule has 35 heavy (non-hydrogen) atoms. The van der Waals surface area contributed by atoms with Gasteiger partial charge in [0.25, 0.3) is 5.91 Å². The predicted octanol–water partition coefficient (Wildman–Crippen LogP) is 4.68. The normalized spacial score (nSPS) is 17.8. The summed E-state index contributed by atoms with van der Waals surface area (Å²) in [5.41, 5.74) is 1.70. The van der Waals surface area contributed by atoms with Crippen molar-refractivity contribution in [2.75, 3.05) is 0 Å². The Kier molecular flexibility index (Phi) is 7.55. The van der Waals surface area contributed by atoms with Gasteiger partial charge in [-0.2, -0.15) is 0 Å². The van der Waals surface area contributed by atoms with Crippen LogP contribution in [0.1, 0.15) is 63.9 Å². The van der Waals surface area contributed by atoms with Gasteiger partial charge in [-0.05, 0) is 61.2 Å². The summed E-state index contributed by atoms with van der Waals surface area (Å²) in [6.45, 7) is 0. The lowest BCUT2D eigenvalue weighted by molar-refractivity contribution is 0.0178. The fourth-order valence-electron chi connectivity index (χ4n) is 4.39. The van der Waals surface area contributed by atoms with Gasteiger partial charge in [0, 0.05) is 17.5 Å². The Morgan fingerprint density at radius 2 is 1.49 bits per heavy atom. The third kappa shape index (κ3) is 6.12. The van der Waals surface area contributed by atoms with E-state index in [0.717, 1.165) is 24.8 Å². The van der Waals surface area contributed by atoms with Crippen LogP contribution < -0.4 is 5.32 Å². The maximum atomic E-state index is 13.0. The summed E-state index contributed by atoms with van der Waals surface area (Å²) in [5.74, 6) is -1.27. The number of phenolic OH excluding ortho intramolecular Hbond substituents is 3. The van der Waals surface area contributed by atoms with Crippen molar-refractivity contribution < 1.29 is 29.6 Å². The van der Waals surface area contributed by atoms with Crippen molar-refractivity contribution in [3.63, 3.8) is 0 Å². The first-order valence-electron chi connectivity index (χ1n) is 11.8. The fraction of sp³-hybridized carbons (Fsp3) is 0.286. The Bertz CT molecular complexity index is 1150. The molecule has 1 aliphatic carbocycles. The Morgan fingerprint density at radius 3 is 2.17 bits per heavy atom. The first-order chi connectivity index (χ1) is 16.9. The van der Waals surface area contributed by atoms with Crippen molar-refractivity contribution in [2.45, 2.75) is 50.7 Å². The highest BCUT2D eigenvalue weighted by Gasteiger charge is 2.29. The standard InChI is InChI=1S/C28H29NO6/c30-21-13-11-19(12-14-21)27(33)29-23-9-5-2-6-10-26(23)35-28(34)20-16-24(31)22(25(32)17-20)15-18-7-3-1-4-8-18/h1,3-4,7-8,11-14,16-17,23,26,30-32H,2,5-6,9-10,15H2,(H,29,33). The van der Waals surface area contributed by atoms with Crippen LogP contribution in [0.3, 0.4) is 0 Å². The molecule has 0 radical (unpaired) electrons. The average molecular weight is 476 g/mol. The molecule has 1 aliphatic rings. The van der Waals surface area contributed by atoms with Crippen molar-refractivity contribution in [3.8, 4) is 17.2 Å². The summed E-state index contributed by atoms with van der Waals surface area (Å²) in [7, 11) is 0. The van der Waals surface area contributed by atoms with Crippen LogP contribution in [0.15, 0.2) is 66.7 Å². The van der Waals surface area contributed by atoms with E-state index in [9.17, 15) is 24.9 Å². The van der Waals surface area contributed by atoms with Gasteiger partial charge in [0.1, 0.15) is 23.4 Å². The topological polar surface area (TPSA) is 116 Å². The van der Waals surface area contributed by atoms with Gasteiger partial charge in [-0.25, -0.2) is 4.79 Å². The molecule has 182 valence electrons. The summed E-state index contributed by atoms with van der Waals surface area (Å²) in [6, 6.07) is 17.6. The predicted molar refractivity (Wildman–Crippen MR) is 131 cm³/mol. The van der Waals surface area contributed by atoms with Gasteiger partial charge >= 0.3 is 5.97 Å². The van der Waals surface area contributed by atoms with Gasteiger partial charge in [-0.15, -0.1) is 0 Å². The number of benzene rings is 3. The number of ether oxygens (including phenoxy) is 1. The van der Waals surface area contributed by atoms with E-state index < -0.39 is 12.1 Å². The zero-order valence-corrected chi connectivity index (χ0v) is 19.3. The lowest BCUT2D eigenvalue weighted by Gasteiger charge is -2.26. The van der Waals surface area contributed by atoms with E-state index in [1.807, 2.05) is 30.3 Å². The average Bonchev–Trinajstić information content (AvgIpc) is 3.07. The number of nitrogens with one attached hydrogen (secondary N) is 1. The second kappa shape index (κ2) is 11.0. The molecule has 0 bridgehead atoms. The molecular weight excluding hydrogens is 446 g/mol. The minimum Gasteiger partial charge on any atom is -0.508 e. The molecule has 3 aromatic rings. The zero-order chi connectivity index (χ0) is 24.8. The highest BCUT2D eigenvalue weighted by molar-refractivity contribution is 5.94. The SMILES string of the molecule is O=C(NC1CCCCCC1OC(=O)c1cc(O)c(Cc2ccccc2)c(O)c1)c1ccc(O)cc1. The molecule has 7 nitrogen and oxygen atoms in total. The number of carbonyl (C=O) groups excluding carboxylic acids is 2. The maximum absolute atomic E-state index is 13.0. The van der Waals surface area contributed by atoms with Crippen LogP contribution in [-0.2, 0) is 11.2 Å². The number of hydrogen-bond donors (Lipinski definition) is 4. The Morgan fingerprint density at radius 1 is 0.829 bits per heavy atom. The van der Waals surface area contributed by atoms with E-state index in [2.05, 4.69) is 5.32 Å². The van der Waals surface area contributed by atoms with Crippen molar-refractivity contribution in [1.29, 1.82) is 0 Å². The van der Waals surface area contributed by atoms with Crippen LogP contribution in [0.5, 0.6) is 17.2 Å². The Hall–Kier alpha value is -4.00. The molecule has 1 amide bonds. The Balaban J connectivity index is 1.47. The number of hydrogen-bond acceptors (Lipinski definition) is 6. The quantitative estimate of drug-likeness (QED) is 0.304. The van der Waals surface area contributed by atoms with Crippen LogP contribution in [0.25, 0.3) is 0 Å². The molecule has 4 rings (SSSR count). The number of aromatic hydroxyl groups is 3. The molecule has 0 heterocycles. The van der Waals surface area contributed by atoms with E-state index in [1.54, 1.807) is 0 Å². The molecule has 7 heteroatoms. The Labute approximate surface area is 204 Å². The summed E-state index contributed by atoms with van der Waals surface area (Å²) < 4.78 is 5.78. The number of amides is 1. The molecule has 2 unspecified atom stereocenters. The lowest BCUT2D eigenvalue weighted by Crippen LogP contribution is -2.44. The largest absolute Gasteiger partial charge is 0.508 e. The van der Waals surface area contributed by atoms with E-state index in [1.165, 1.54) is 36.4 Å². The van der Waals surface area contributed by atoms with Gasteiger partial charge in [-0.3, -0.25) is 4.79 Å². The number of esters is 1. The van der Waals surface area contributed by atoms with Gasteiger partial charge in [0.2, 0.25) is 0 Å². The fourth-order valence-corrected chi connectivity index (χ4v) is 4.39. The molecule has 0 aliphatic heterocycles. The van der Waals surface area contributed by atoms with Gasteiger partial charge in [-0.1, -0.05) is 43.2 Å². The lowest BCUT2D eigenvalue weighted by atomic mass is 10.0. The summed E-state index contributed by atoms with van der Waals surface area (Å²) in [5, 5.41) is 33.4. The van der Waals surface area contributed by atoms with Crippen LogP contribution in [0, 0.1) is 0 Å². The zero-order valence-electron chi connectivity index (χ0n) is 19.3. The van der Waals surface area contributed by atoms with Crippen molar-refractivity contribution in [2.24, 2.45) is 0 Å². The number of phenols is 3. The van der Waals surface area contributed by atoms with Crippen LogP contribution >= 0.6 is 0 Å². The summed E-state index contributed by atoms with van der Waals surface area (Å²) >= 11 is 0. The van der Waals surface area contributed by atoms with Gasteiger partial charge in [0.15, 0.2) is 0 Å². The second-order valence-corrected chi connectivity index (χ2v) is 8.86. The monoisotopic (exact) mass is 475 g/mol. The molecule has 1 fully saturated rings. The minimum absolute atomic E-state index is 0.0460. The molecule has 3 aromatic carbocycles. The molecule has 2 atom stereocenters. The molecule has 4 N–H and O–H groups in total. The third-order valence-corrected chi connectivity index (χ3v) is 6.32. The van der Waals surface area contributed by atoms with Crippen molar-refractivity contribution >= 4 is 11.9 Å². The second-order valence-electron chi connectivity index (χ2n) is 8.86. The first kappa shape index (κ1) is 24.1. The molecular formula is C28H29NO6. The highest BCUT2D eigenvalue weighted by Crippen LogP contribution is 2.32. The molecule has 0 saturated heterocycles. The van der Waals surface area contributed by atoms with E-state index in [0.29, 0.717) is 30.4 Å². The van der Waals surface area contributed by atoms with Gasteiger partial charge < -0.3 is 25.4 Å². The van der Waals surface area contributed by atoms with Gasteiger partial charge in [0.05, 0.1) is 11.6 Å². The maximum Gasteiger partial charge on any atom is 0.338 e. The van der Waals surface area contributed by atoms with Crippen molar-refractivity contribution in [3.05, 3.63) is 89.0 Å². The minimum atomic E-state index is -0.669. The summed E-state index contributed by atoms with van der Waals surface area (Å²) in [4.78, 5) is 25.7. The van der Waals surface area contributed by atoms with E-state index in [4.69, 9.17) is 4.74 Å². The molecule has 0 aromatic heterocycles. The van der Waals surface area contributed by atoms with Crippen LogP contribution in [-0.4, -0.2) is 39.3 Å². The molecule has 0 spiro atoms. The highest BCUT2D eigenvalue weighted by atomic mass is 16.5. The van der Waals surface area contributed by atoms with Crippen LogP contribution in [0.2, 0.25) is 0 Å². The molecule has 1 saturated carbocycles. The third-order valence-electron chi connectivity index (χ3n) is 6.32. The van der Waals surface area contributed by atoms with E-state index in [-0.39, 0.29) is 34.8 Å². The first-order valence-corrected chi connectivity index (χ1v) is 11.8. The smallest absolute Gasteiger partial charge is 0.338 e.